The van der Waals surface area contributed by atoms with Crippen LogP contribution in [-0.4, -0.2) is 30.9 Å². The number of aromatic amines is 1. The molecule has 44 heavy (non-hydrogen) atoms. The van der Waals surface area contributed by atoms with Gasteiger partial charge in [-0.25, -0.2) is 17.6 Å². The molecule has 0 spiro atoms. The van der Waals surface area contributed by atoms with Crippen molar-refractivity contribution in [2.75, 3.05) is 0 Å². The maximum Gasteiger partial charge on any atom is 0.292 e. The zero-order valence-electron chi connectivity index (χ0n) is 22.9. The van der Waals surface area contributed by atoms with E-state index in [2.05, 4.69) is 25.6 Å². The Bertz CT molecular complexity index is 1880. The molecule has 13 heteroatoms. The molecule has 226 valence electrons. The lowest BCUT2D eigenvalue weighted by Gasteiger charge is -2.25. The summed E-state index contributed by atoms with van der Waals surface area (Å²) in [4.78, 5) is 18.0. The number of alkyl halides is 4. The van der Waals surface area contributed by atoms with Gasteiger partial charge in [0.25, 0.3) is 12.3 Å². The minimum Gasteiger partial charge on any atom is -0.346 e. The lowest BCUT2D eigenvalue weighted by atomic mass is 9.92. The molecule has 1 amide bonds. The largest absolute Gasteiger partial charge is 0.346 e. The summed E-state index contributed by atoms with van der Waals surface area (Å²) in [6, 6.07) is 10.9. The molecule has 2 aromatic carbocycles. The number of amides is 1. The van der Waals surface area contributed by atoms with Gasteiger partial charge in [0, 0.05) is 34.7 Å². The molecular weight excluding hydrogens is 586 g/mol. The van der Waals surface area contributed by atoms with E-state index >= 15 is 8.78 Å². The van der Waals surface area contributed by atoms with Crippen molar-refractivity contribution < 1.29 is 31.1 Å². The van der Waals surface area contributed by atoms with Crippen LogP contribution < -0.4 is 5.32 Å². The highest BCUT2D eigenvalue weighted by Crippen LogP contribution is 2.60. The Morgan fingerprint density at radius 2 is 1.89 bits per heavy atom. The van der Waals surface area contributed by atoms with Gasteiger partial charge in [0.15, 0.2) is 0 Å². The van der Waals surface area contributed by atoms with Crippen LogP contribution in [0.2, 0.25) is 0 Å². The van der Waals surface area contributed by atoms with Gasteiger partial charge in [0.05, 0.1) is 23.4 Å². The fourth-order valence-corrected chi connectivity index (χ4v) is 6.34. The number of hydrogen-bond donors (Lipinski definition) is 2. The number of rotatable bonds is 8. The number of H-pyrrole nitrogens is 1. The minimum atomic E-state index is -3.41. The van der Waals surface area contributed by atoms with Crippen molar-refractivity contribution in [1.29, 1.82) is 0 Å². The first-order valence-electron chi connectivity index (χ1n) is 14.0. The van der Waals surface area contributed by atoms with Crippen molar-refractivity contribution in [2.24, 2.45) is 11.8 Å². The summed E-state index contributed by atoms with van der Waals surface area (Å²) in [6.45, 7) is -0.765. The van der Waals surface area contributed by atoms with E-state index in [0.717, 1.165) is 29.1 Å². The van der Waals surface area contributed by atoms with Crippen molar-refractivity contribution in [1.82, 2.24) is 30.3 Å². The molecule has 3 heterocycles. The monoisotopic (exact) mass is 610 g/mol. The Morgan fingerprint density at radius 1 is 1.09 bits per heavy atom. The second-order valence-corrected chi connectivity index (χ2v) is 11.3. The number of nitrogens with one attached hydrogen (secondary N) is 2. The second kappa shape index (κ2) is 10.5. The number of pyridine rings is 1. The predicted molar refractivity (Wildman–Crippen MR) is 147 cm³/mol. The van der Waals surface area contributed by atoms with Crippen molar-refractivity contribution >= 4 is 16.8 Å². The number of nitrogens with zero attached hydrogens (tertiary/aromatic N) is 4. The van der Waals surface area contributed by atoms with Gasteiger partial charge in [-0.2, -0.15) is 19.0 Å². The van der Waals surface area contributed by atoms with E-state index in [1.807, 2.05) is 18.2 Å². The first-order valence-corrected chi connectivity index (χ1v) is 14.0. The Kier molecular flexibility index (Phi) is 6.70. The first kappa shape index (κ1) is 28.1. The fraction of sp³-hybridized carbons (Fsp3) is 0.290. The molecule has 7 rings (SSSR count). The maximum absolute atomic E-state index is 15.3. The van der Waals surface area contributed by atoms with E-state index in [4.69, 9.17) is 0 Å². The van der Waals surface area contributed by atoms with E-state index in [1.165, 1.54) is 6.20 Å². The van der Waals surface area contributed by atoms with Crippen LogP contribution in [0.25, 0.3) is 22.0 Å². The second-order valence-electron chi connectivity index (χ2n) is 11.3. The van der Waals surface area contributed by atoms with Crippen LogP contribution in [0, 0.1) is 23.5 Å². The maximum atomic E-state index is 15.3. The molecule has 0 saturated heterocycles. The van der Waals surface area contributed by atoms with Crippen molar-refractivity contribution in [3.05, 3.63) is 101 Å². The van der Waals surface area contributed by atoms with Gasteiger partial charge in [-0.05, 0) is 66.6 Å². The summed E-state index contributed by atoms with van der Waals surface area (Å²) in [6.07, 6.45) is 0.211. The molecule has 3 aromatic heterocycles. The molecule has 2 aliphatic carbocycles. The van der Waals surface area contributed by atoms with Crippen molar-refractivity contribution in [3.63, 3.8) is 0 Å². The first-order chi connectivity index (χ1) is 21.1. The van der Waals surface area contributed by atoms with Crippen LogP contribution in [0.1, 0.15) is 47.1 Å². The van der Waals surface area contributed by atoms with Gasteiger partial charge < -0.3 is 5.32 Å². The summed E-state index contributed by atoms with van der Waals surface area (Å²) in [5, 5.41) is 14.2. The predicted octanol–water partition coefficient (Wildman–Crippen LogP) is 6.42. The van der Waals surface area contributed by atoms with E-state index in [0.29, 0.717) is 21.5 Å². The standard InChI is InChI=1S/C31H24F6N6O/c32-19-6-15(7-20(33)12-19)8-25(27-21(2-1-5-38-27)16-3-4-24-18(9-16)13-39-41-24)40-26(44)14-43-29-22(28(42-43)30(34)35)10-17-11-23(17)31(29,36)37/h1-7,9,12-13,17,23,25,30H,8,10-11,14H2,(H,39,41)(H,40,44)/t17?,23?,25-/m0/s1. The molecule has 0 bridgehead atoms. The zero-order chi connectivity index (χ0) is 30.7. The van der Waals surface area contributed by atoms with E-state index < -0.39 is 59.8 Å². The number of halogens is 6. The molecule has 5 aromatic rings. The number of aromatic nitrogens is 5. The van der Waals surface area contributed by atoms with Crippen molar-refractivity contribution in [2.45, 2.75) is 44.2 Å². The van der Waals surface area contributed by atoms with Crippen LogP contribution in [-0.2, 0) is 30.1 Å². The fourth-order valence-electron chi connectivity index (χ4n) is 6.34. The lowest BCUT2D eigenvalue weighted by molar-refractivity contribution is -0.123. The molecule has 3 atom stereocenters. The Morgan fingerprint density at radius 3 is 2.66 bits per heavy atom. The average molecular weight is 611 g/mol. The van der Waals surface area contributed by atoms with Crippen LogP contribution >= 0.6 is 0 Å². The summed E-state index contributed by atoms with van der Waals surface area (Å²) in [7, 11) is 0. The number of fused-ring (bicyclic) bond motifs is 3. The van der Waals surface area contributed by atoms with Gasteiger partial charge in [-0.1, -0.05) is 12.1 Å². The number of hydrogen-bond acceptors (Lipinski definition) is 4. The van der Waals surface area contributed by atoms with Crippen LogP contribution in [0.4, 0.5) is 26.3 Å². The average Bonchev–Trinajstić information content (AvgIpc) is 3.45. The summed E-state index contributed by atoms with van der Waals surface area (Å²) in [5.74, 6) is -7.22. The highest BCUT2D eigenvalue weighted by atomic mass is 19.3. The Balaban J connectivity index is 1.25. The Labute approximate surface area is 246 Å². The van der Waals surface area contributed by atoms with Crippen LogP contribution in [0.5, 0.6) is 0 Å². The Hall–Kier alpha value is -4.68. The molecule has 1 saturated carbocycles. The summed E-state index contributed by atoms with van der Waals surface area (Å²) >= 11 is 0. The number of carbonyl (C=O) groups excluding carboxylic acids is 1. The van der Waals surface area contributed by atoms with Gasteiger partial charge in [0.1, 0.15) is 29.6 Å². The molecular formula is C31H24F6N6O. The highest BCUT2D eigenvalue weighted by Gasteiger charge is 2.62. The van der Waals surface area contributed by atoms with Crippen molar-refractivity contribution in [3.8, 4) is 11.1 Å². The summed E-state index contributed by atoms with van der Waals surface area (Å²) in [5.41, 5.74) is 1.05. The van der Waals surface area contributed by atoms with E-state index in [-0.39, 0.29) is 36.3 Å². The molecule has 2 aliphatic rings. The smallest absolute Gasteiger partial charge is 0.292 e. The van der Waals surface area contributed by atoms with E-state index in [1.54, 1.807) is 18.3 Å². The third kappa shape index (κ3) is 4.99. The summed E-state index contributed by atoms with van der Waals surface area (Å²) < 4.78 is 87.2. The van der Waals surface area contributed by atoms with E-state index in [9.17, 15) is 22.4 Å². The van der Waals surface area contributed by atoms with Crippen LogP contribution in [0.15, 0.2) is 60.9 Å². The van der Waals surface area contributed by atoms with Gasteiger partial charge >= 0.3 is 0 Å². The van der Waals surface area contributed by atoms with Gasteiger partial charge in [-0.15, -0.1) is 0 Å². The molecule has 0 radical (unpaired) electrons. The molecule has 2 N–H and O–H groups in total. The minimum absolute atomic E-state index is 0.0585. The van der Waals surface area contributed by atoms with Gasteiger partial charge in [-0.3, -0.25) is 19.6 Å². The molecule has 2 unspecified atom stereocenters. The highest BCUT2D eigenvalue weighted by molar-refractivity contribution is 5.85. The third-order valence-corrected chi connectivity index (χ3v) is 8.37. The SMILES string of the molecule is O=C(Cn1nc(C(F)F)c2c1C(F)(F)C1CC1C2)N[C@@H](Cc1cc(F)cc(F)c1)c1ncccc1-c1ccc2[nH]ncc2c1. The lowest BCUT2D eigenvalue weighted by Crippen LogP contribution is -2.36. The molecule has 7 nitrogen and oxygen atoms in total. The number of benzene rings is 2. The molecule has 1 fully saturated rings. The molecule has 0 aliphatic heterocycles. The normalized spacial score (nSPS) is 19.1. The van der Waals surface area contributed by atoms with Gasteiger partial charge in [0.2, 0.25) is 5.91 Å². The van der Waals surface area contributed by atoms with Crippen LogP contribution in [0.3, 0.4) is 0 Å². The quantitative estimate of drug-likeness (QED) is 0.199. The third-order valence-electron chi connectivity index (χ3n) is 8.37. The zero-order valence-corrected chi connectivity index (χ0v) is 22.9. The number of carbonyl (C=O) groups is 1. The topological polar surface area (TPSA) is 88.5 Å².